The van der Waals surface area contributed by atoms with E-state index >= 15 is 0 Å². The predicted octanol–water partition coefficient (Wildman–Crippen LogP) is 5.14. The topological polar surface area (TPSA) is 29.1 Å². The van der Waals surface area contributed by atoms with Gasteiger partial charge in [-0.2, -0.15) is 0 Å². The molecule has 0 radical (unpaired) electrons. The van der Waals surface area contributed by atoms with Crippen molar-refractivity contribution in [2.45, 2.75) is 32.6 Å². The Kier molecular flexibility index (Phi) is 5.57. The third-order valence-corrected chi connectivity index (χ3v) is 4.18. The summed E-state index contributed by atoms with van der Waals surface area (Å²) in [7, 11) is 0. The molecular formula is C18H20BrNO. The number of nitrogens with one attached hydrogen (secondary N) is 1. The lowest BCUT2D eigenvalue weighted by molar-refractivity contribution is -0.115. The van der Waals surface area contributed by atoms with Crippen LogP contribution in [0.15, 0.2) is 53.0 Å². The van der Waals surface area contributed by atoms with Gasteiger partial charge in [0.25, 0.3) is 0 Å². The van der Waals surface area contributed by atoms with Crippen LogP contribution in [-0.2, 0) is 11.2 Å². The summed E-state index contributed by atoms with van der Waals surface area (Å²) in [6.07, 6.45) is 1.45. The summed E-state index contributed by atoms with van der Waals surface area (Å²) in [6, 6.07) is 15.9. The van der Waals surface area contributed by atoms with Crippen molar-refractivity contribution in [1.82, 2.24) is 0 Å². The minimum Gasteiger partial charge on any atom is -0.326 e. The van der Waals surface area contributed by atoms with Gasteiger partial charge >= 0.3 is 0 Å². The largest absolute Gasteiger partial charge is 0.326 e. The van der Waals surface area contributed by atoms with Gasteiger partial charge in [0, 0.05) is 10.2 Å². The van der Waals surface area contributed by atoms with E-state index in [4.69, 9.17) is 0 Å². The Labute approximate surface area is 134 Å². The predicted molar refractivity (Wildman–Crippen MR) is 91.6 cm³/mol. The SMILES string of the molecule is CC[C@H](C)c1ccccc1NC(=O)Cc1ccc(Br)cc1. The van der Waals surface area contributed by atoms with E-state index < -0.39 is 0 Å². The zero-order valence-corrected chi connectivity index (χ0v) is 14.0. The van der Waals surface area contributed by atoms with Crippen LogP contribution in [0.4, 0.5) is 5.69 Å². The molecule has 0 saturated heterocycles. The lowest BCUT2D eigenvalue weighted by atomic mass is 9.97. The minimum absolute atomic E-state index is 0.0214. The summed E-state index contributed by atoms with van der Waals surface area (Å²) in [4.78, 5) is 12.2. The first kappa shape index (κ1) is 15.8. The lowest BCUT2D eigenvalue weighted by Gasteiger charge is -2.15. The zero-order valence-electron chi connectivity index (χ0n) is 12.4. The highest BCUT2D eigenvalue weighted by molar-refractivity contribution is 9.10. The summed E-state index contributed by atoms with van der Waals surface area (Å²) in [5.41, 5.74) is 3.13. The highest BCUT2D eigenvalue weighted by atomic mass is 79.9. The van der Waals surface area contributed by atoms with Crippen LogP contribution in [0.1, 0.15) is 37.3 Å². The molecule has 21 heavy (non-hydrogen) atoms. The van der Waals surface area contributed by atoms with Crippen LogP contribution in [0.3, 0.4) is 0 Å². The van der Waals surface area contributed by atoms with Gasteiger partial charge in [-0.15, -0.1) is 0 Å². The summed E-state index contributed by atoms with van der Waals surface area (Å²) in [5.74, 6) is 0.460. The molecule has 0 fully saturated rings. The molecule has 0 spiro atoms. The monoisotopic (exact) mass is 345 g/mol. The molecule has 2 aromatic carbocycles. The van der Waals surface area contributed by atoms with Crippen LogP contribution in [-0.4, -0.2) is 5.91 Å². The quantitative estimate of drug-likeness (QED) is 0.798. The fraction of sp³-hybridized carbons (Fsp3) is 0.278. The molecule has 1 atom stereocenters. The van der Waals surface area contributed by atoms with E-state index in [0.717, 1.165) is 22.1 Å². The van der Waals surface area contributed by atoms with Gasteiger partial charge in [0.2, 0.25) is 5.91 Å². The van der Waals surface area contributed by atoms with Crippen molar-refractivity contribution < 1.29 is 4.79 Å². The third kappa shape index (κ3) is 4.43. The van der Waals surface area contributed by atoms with Crippen LogP contribution in [0.25, 0.3) is 0 Å². The van der Waals surface area contributed by atoms with Gasteiger partial charge in [0.15, 0.2) is 0 Å². The van der Waals surface area contributed by atoms with Gasteiger partial charge in [-0.1, -0.05) is 60.1 Å². The van der Waals surface area contributed by atoms with Crippen molar-refractivity contribution in [1.29, 1.82) is 0 Å². The second-order valence-electron chi connectivity index (χ2n) is 5.25. The number of amides is 1. The van der Waals surface area contributed by atoms with Gasteiger partial charge in [-0.3, -0.25) is 4.79 Å². The second-order valence-corrected chi connectivity index (χ2v) is 6.16. The van der Waals surface area contributed by atoms with Crippen LogP contribution in [0.5, 0.6) is 0 Å². The van der Waals surface area contributed by atoms with Crippen molar-refractivity contribution in [3.05, 3.63) is 64.1 Å². The molecule has 2 aromatic rings. The Bertz CT molecular complexity index is 607. The molecule has 0 heterocycles. The molecule has 0 aliphatic rings. The Morgan fingerprint density at radius 3 is 2.48 bits per heavy atom. The fourth-order valence-corrected chi connectivity index (χ4v) is 2.51. The zero-order chi connectivity index (χ0) is 15.2. The van der Waals surface area contributed by atoms with Gasteiger partial charge in [-0.25, -0.2) is 0 Å². The summed E-state index contributed by atoms with van der Waals surface area (Å²) < 4.78 is 1.02. The third-order valence-electron chi connectivity index (χ3n) is 3.66. The van der Waals surface area contributed by atoms with Gasteiger partial charge in [0.05, 0.1) is 6.42 Å². The maximum absolute atomic E-state index is 12.2. The van der Waals surface area contributed by atoms with E-state index in [-0.39, 0.29) is 5.91 Å². The molecule has 0 aliphatic heterocycles. The molecular weight excluding hydrogens is 326 g/mol. The molecule has 3 heteroatoms. The Hall–Kier alpha value is -1.61. The number of anilines is 1. The van der Waals surface area contributed by atoms with Gasteiger partial charge < -0.3 is 5.32 Å². The smallest absolute Gasteiger partial charge is 0.228 e. The highest BCUT2D eigenvalue weighted by Crippen LogP contribution is 2.26. The average Bonchev–Trinajstić information content (AvgIpc) is 2.49. The average molecular weight is 346 g/mol. The highest BCUT2D eigenvalue weighted by Gasteiger charge is 2.11. The first-order chi connectivity index (χ1) is 10.1. The molecule has 0 aromatic heterocycles. The number of carbonyl (C=O) groups excluding carboxylic acids is 1. The van der Waals surface area contributed by atoms with E-state index in [2.05, 4.69) is 41.2 Å². The normalized spacial score (nSPS) is 12.0. The van der Waals surface area contributed by atoms with E-state index in [1.807, 2.05) is 42.5 Å². The second kappa shape index (κ2) is 7.41. The summed E-state index contributed by atoms with van der Waals surface area (Å²) in [5, 5.41) is 3.04. The number of carbonyl (C=O) groups is 1. The van der Waals surface area contributed by atoms with E-state index in [1.165, 1.54) is 5.56 Å². The van der Waals surface area contributed by atoms with Crippen LogP contribution in [0.2, 0.25) is 0 Å². The molecule has 0 bridgehead atoms. The number of para-hydroxylation sites is 1. The molecule has 2 nitrogen and oxygen atoms in total. The number of benzene rings is 2. The molecule has 0 unspecified atom stereocenters. The van der Waals surface area contributed by atoms with Crippen LogP contribution < -0.4 is 5.32 Å². The Balaban J connectivity index is 2.07. The molecule has 1 amide bonds. The fourth-order valence-electron chi connectivity index (χ4n) is 2.24. The number of hydrogen-bond acceptors (Lipinski definition) is 1. The van der Waals surface area contributed by atoms with Crippen molar-refractivity contribution in [2.75, 3.05) is 5.32 Å². The maximum atomic E-state index is 12.2. The number of halogens is 1. The van der Waals surface area contributed by atoms with E-state index in [9.17, 15) is 4.79 Å². The minimum atomic E-state index is 0.0214. The van der Waals surface area contributed by atoms with Gasteiger partial charge in [0.1, 0.15) is 0 Å². The van der Waals surface area contributed by atoms with Crippen LogP contribution in [0, 0.1) is 0 Å². The molecule has 0 saturated carbocycles. The van der Waals surface area contributed by atoms with E-state index in [1.54, 1.807) is 0 Å². The Morgan fingerprint density at radius 1 is 1.14 bits per heavy atom. The molecule has 2 rings (SSSR count). The summed E-state index contributed by atoms with van der Waals surface area (Å²) >= 11 is 3.40. The first-order valence-electron chi connectivity index (χ1n) is 7.23. The number of hydrogen-bond donors (Lipinski definition) is 1. The van der Waals surface area contributed by atoms with Crippen molar-refractivity contribution in [2.24, 2.45) is 0 Å². The summed E-state index contributed by atoms with van der Waals surface area (Å²) in [6.45, 7) is 4.34. The van der Waals surface area contributed by atoms with Crippen LogP contribution >= 0.6 is 15.9 Å². The Morgan fingerprint density at radius 2 is 1.81 bits per heavy atom. The maximum Gasteiger partial charge on any atom is 0.228 e. The standard InChI is InChI=1S/C18H20BrNO/c1-3-13(2)16-6-4-5-7-17(16)20-18(21)12-14-8-10-15(19)11-9-14/h4-11,13H,3,12H2,1-2H3,(H,20,21)/t13-/m0/s1. The molecule has 1 N–H and O–H groups in total. The van der Waals surface area contributed by atoms with Crippen molar-refractivity contribution >= 4 is 27.5 Å². The lowest BCUT2D eigenvalue weighted by Crippen LogP contribution is -2.16. The van der Waals surface area contributed by atoms with Gasteiger partial charge in [-0.05, 0) is 41.7 Å². The van der Waals surface area contributed by atoms with Crippen molar-refractivity contribution in [3.8, 4) is 0 Å². The van der Waals surface area contributed by atoms with Crippen molar-refractivity contribution in [3.63, 3.8) is 0 Å². The number of rotatable bonds is 5. The first-order valence-corrected chi connectivity index (χ1v) is 8.02. The molecule has 0 aliphatic carbocycles. The van der Waals surface area contributed by atoms with E-state index in [0.29, 0.717) is 12.3 Å². The molecule has 110 valence electrons.